The molecule has 0 atom stereocenters. The van der Waals surface area contributed by atoms with E-state index < -0.39 is 0 Å². The van der Waals surface area contributed by atoms with Crippen LogP contribution in [0.2, 0.25) is 0 Å². The van der Waals surface area contributed by atoms with Crippen molar-refractivity contribution in [3.05, 3.63) is 77.6 Å². The number of aromatic nitrogens is 3. The van der Waals surface area contributed by atoms with Gasteiger partial charge in [-0.1, -0.05) is 54.2 Å². The largest absolute Gasteiger partial charge is 0.485 e. The minimum absolute atomic E-state index is 0.0872. The van der Waals surface area contributed by atoms with Crippen molar-refractivity contribution >= 4 is 23.4 Å². The van der Waals surface area contributed by atoms with Crippen LogP contribution in [-0.2, 0) is 17.9 Å². The average Bonchev–Trinajstić information content (AvgIpc) is 3.10. The van der Waals surface area contributed by atoms with Crippen LogP contribution in [0.5, 0.6) is 5.75 Å². The number of carbonyl (C=O) groups excluding carboxylic acids is 1. The van der Waals surface area contributed by atoms with E-state index in [1.165, 1.54) is 11.8 Å². The first-order valence-electron chi connectivity index (χ1n) is 9.70. The third-order valence-electron chi connectivity index (χ3n) is 4.61. The van der Waals surface area contributed by atoms with Gasteiger partial charge in [0, 0.05) is 12.2 Å². The maximum absolute atomic E-state index is 12.4. The molecule has 0 unspecified atom stereocenters. The summed E-state index contributed by atoms with van der Waals surface area (Å²) in [7, 11) is 0. The molecule has 6 nitrogen and oxygen atoms in total. The van der Waals surface area contributed by atoms with E-state index in [-0.39, 0.29) is 11.7 Å². The molecule has 1 amide bonds. The normalized spacial score (nSPS) is 10.6. The number of ether oxygens (including phenoxy) is 1. The molecule has 0 saturated carbocycles. The number of rotatable bonds is 9. The number of benzene rings is 2. The van der Waals surface area contributed by atoms with Crippen LogP contribution in [-0.4, -0.2) is 26.4 Å². The highest BCUT2D eigenvalue weighted by Gasteiger charge is 2.15. The van der Waals surface area contributed by atoms with Crippen molar-refractivity contribution in [1.82, 2.24) is 14.8 Å². The molecule has 3 rings (SSSR count). The Morgan fingerprint density at radius 3 is 2.50 bits per heavy atom. The number of hydrogen-bond donors (Lipinski definition) is 1. The molecule has 0 aliphatic rings. The molecule has 0 spiro atoms. The highest BCUT2D eigenvalue weighted by molar-refractivity contribution is 7.99. The predicted molar refractivity (Wildman–Crippen MR) is 121 cm³/mol. The van der Waals surface area contributed by atoms with Crippen molar-refractivity contribution < 1.29 is 9.53 Å². The average molecular weight is 423 g/mol. The van der Waals surface area contributed by atoms with E-state index in [0.29, 0.717) is 24.1 Å². The predicted octanol–water partition coefficient (Wildman–Crippen LogP) is 4.70. The van der Waals surface area contributed by atoms with Crippen LogP contribution >= 0.6 is 11.8 Å². The lowest BCUT2D eigenvalue weighted by molar-refractivity contribution is -0.113. The monoisotopic (exact) mass is 422 g/mol. The molecule has 1 N–H and O–H groups in total. The summed E-state index contributed by atoms with van der Waals surface area (Å²) in [5.74, 6) is 1.70. The molecular weight excluding hydrogens is 396 g/mol. The molecule has 1 heterocycles. The van der Waals surface area contributed by atoms with Crippen LogP contribution in [0.25, 0.3) is 0 Å². The van der Waals surface area contributed by atoms with Crippen LogP contribution in [0.4, 0.5) is 5.69 Å². The standard InChI is InChI=1S/C23H26N4O2S/c1-5-13-27-20(14-29-22-17(3)10-8-11-18(22)4)25-26-23(27)30-15-21(28)24-19-12-7-6-9-16(19)2/h5-12H,1,13-15H2,2-4H3,(H,24,28). The Labute approximate surface area is 181 Å². The first-order chi connectivity index (χ1) is 14.5. The fourth-order valence-electron chi connectivity index (χ4n) is 3.04. The number of hydrogen-bond acceptors (Lipinski definition) is 5. The van der Waals surface area contributed by atoms with Gasteiger partial charge in [0.1, 0.15) is 12.4 Å². The van der Waals surface area contributed by atoms with E-state index in [4.69, 9.17) is 4.74 Å². The number of nitrogens with one attached hydrogen (secondary N) is 1. The van der Waals surface area contributed by atoms with Crippen molar-refractivity contribution in [2.24, 2.45) is 0 Å². The van der Waals surface area contributed by atoms with Crippen molar-refractivity contribution in [1.29, 1.82) is 0 Å². The van der Waals surface area contributed by atoms with Gasteiger partial charge in [0.2, 0.25) is 5.91 Å². The Bertz CT molecular complexity index is 1030. The second kappa shape index (κ2) is 10.1. The number of amides is 1. The molecule has 30 heavy (non-hydrogen) atoms. The third kappa shape index (κ3) is 5.30. The van der Waals surface area contributed by atoms with Gasteiger partial charge >= 0.3 is 0 Å². The molecule has 0 aliphatic carbocycles. The summed E-state index contributed by atoms with van der Waals surface area (Å²) in [4.78, 5) is 12.4. The van der Waals surface area contributed by atoms with Crippen LogP contribution in [0.3, 0.4) is 0 Å². The number of para-hydroxylation sites is 2. The summed E-state index contributed by atoms with van der Waals surface area (Å²) in [6.07, 6.45) is 1.78. The number of anilines is 1. The lowest BCUT2D eigenvalue weighted by Gasteiger charge is -2.12. The minimum atomic E-state index is -0.0872. The third-order valence-corrected chi connectivity index (χ3v) is 5.58. The molecule has 0 saturated heterocycles. The van der Waals surface area contributed by atoms with Crippen LogP contribution in [0.1, 0.15) is 22.5 Å². The van der Waals surface area contributed by atoms with Crippen LogP contribution in [0, 0.1) is 20.8 Å². The number of allylic oxidation sites excluding steroid dienone is 1. The highest BCUT2D eigenvalue weighted by Crippen LogP contribution is 2.24. The minimum Gasteiger partial charge on any atom is -0.485 e. The Balaban J connectivity index is 1.66. The lowest BCUT2D eigenvalue weighted by atomic mass is 10.1. The number of thioether (sulfide) groups is 1. The second-order valence-corrected chi connectivity index (χ2v) is 7.90. The van der Waals surface area contributed by atoms with E-state index in [9.17, 15) is 4.79 Å². The summed E-state index contributed by atoms with van der Waals surface area (Å²) in [5.41, 5.74) is 3.99. The van der Waals surface area contributed by atoms with E-state index in [1.807, 2.05) is 67.8 Å². The molecule has 7 heteroatoms. The zero-order valence-corrected chi connectivity index (χ0v) is 18.3. The van der Waals surface area contributed by atoms with E-state index in [2.05, 4.69) is 22.1 Å². The molecule has 0 bridgehead atoms. The van der Waals surface area contributed by atoms with Gasteiger partial charge in [-0.3, -0.25) is 9.36 Å². The van der Waals surface area contributed by atoms with Gasteiger partial charge in [-0.05, 0) is 43.5 Å². The Morgan fingerprint density at radius 1 is 1.10 bits per heavy atom. The van der Waals surface area contributed by atoms with Crippen molar-refractivity contribution in [2.45, 2.75) is 39.1 Å². The summed E-state index contributed by atoms with van der Waals surface area (Å²) in [6, 6.07) is 13.7. The quantitative estimate of drug-likeness (QED) is 0.400. The maximum Gasteiger partial charge on any atom is 0.234 e. The summed E-state index contributed by atoms with van der Waals surface area (Å²) in [6.45, 7) is 10.7. The van der Waals surface area contributed by atoms with E-state index in [0.717, 1.165) is 28.1 Å². The van der Waals surface area contributed by atoms with Gasteiger partial charge in [-0.2, -0.15) is 0 Å². The molecule has 0 aliphatic heterocycles. The van der Waals surface area contributed by atoms with Crippen molar-refractivity contribution in [2.75, 3.05) is 11.1 Å². The lowest BCUT2D eigenvalue weighted by Crippen LogP contribution is -2.15. The van der Waals surface area contributed by atoms with Crippen LogP contribution in [0.15, 0.2) is 60.3 Å². The second-order valence-electron chi connectivity index (χ2n) is 6.96. The van der Waals surface area contributed by atoms with E-state index >= 15 is 0 Å². The zero-order chi connectivity index (χ0) is 21.5. The Morgan fingerprint density at radius 2 is 1.80 bits per heavy atom. The van der Waals surface area contributed by atoms with E-state index in [1.54, 1.807) is 6.08 Å². The first kappa shape index (κ1) is 21.6. The smallest absolute Gasteiger partial charge is 0.234 e. The van der Waals surface area contributed by atoms with Gasteiger partial charge < -0.3 is 10.1 Å². The molecule has 0 radical (unpaired) electrons. The maximum atomic E-state index is 12.4. The summed E-state index contributed by atoms with van der Waals surface area (Å²) >= 11 is 1.34. The fourth-order valence-corrected chi connectivity index (χ4v) is 3.80. The number of carbonyl (C=O) groups is 1. The molecule has 1 aromatic heterocycles. The van der Waals surface area contributed by atoms with Gasteiger partial charge in [0.05, 0.1) is 5.75 Å². The van der Waals surface area contributed by atoms with Gasteiger partial charge in [0.25, 0.3) is 0 Å². The molecule has 3 aromatic rings. The van der Waals surface area contributed by atoms with Crippen molar-refractivity contribution in [3.63, 3.8) is 0 Å². The SMILES string of the molecule is C=CCn1c(COc2c(C)cccc2C)nnc1SCC(=O)Nc1ccccc1C. The number of aryl methyl sites for hydroxylation is 3. The first-order valence-corrected chi connectivity index (χ1v) is 10.7. The van der Waals surface area contributed by atoms with Crippen molar-refractivity contribution in [3.8, 4) is 5.75 Å². The number of nitrogens with zero attached hydrogens (tertiary/aromatic N) is 3. The topological polar surface area (TPSA) is 69.0 Å². The zero-order valence-electron chi connectivity index (χ0n) is 17.5. The van der Waals surface area contributed by atoms with Gasteiger partial charge in [0.15, 0.2) is 11.0 Å². The van der Waals surface area contributed by atoms with Crippen LogP contribution < -0.4 is 10.1 Å². The summed E-state index contributed by atoms with van der Waals surface area (Å²) < 4.78 is 7.95. The molecular formula is C23H26N4O2S. The molecule has 0 fully saturated rings. The Kier molecular flexibility index (Phi) is 7.30. The van der Waals surface area contributed by atoms with Gasteiger partial charge in [-0.25, -0.2) is 0 Å². The molecule has 156 valence electrons. The Hall–Kier alpha value is -3.06. The fraction of sp³-hybridized carbons (Fsp3) is 0.261. The highest BCUT2D eigenvalue weighted by atomic mass is 32.2. The summed E-state index contributed by atoms with van der Waals surface area (Å²) in [5, 5.41) is 12.1. The molecule has 2 aromatic carbocycles. The van der Waals surface area contributed by atoms with Gasteiger partial charge in [-0.15, -0.1) is 16.8 Å².